The Morgan fingerprint density at radius 1 is 0.600 bits per heavy atom. The molecular weight excluding hydrogens is 409 g/mol. The molecule has 0 saturated carbocycles. The molecule has 4 aromatic rings. The molecule has 3 heteroatoms. The zero-order valence-corrected chi connectivity index (χ0v) is 18.5. The highest BCUT2D eigenvalue weighted by atomic mass is 35.5. The Kier molecular flexibility index (Phi) is 8.38. The van der Waals surface area contributed by atoms with E-state index >= 15 is 0 Å². The second-order valence-corrected chi connectivity index (χ2v) is 7.39. The first-order chi connectivity index (χ1) is 14.7. The van der Waals surface area contributed by atoms with Crippen LogP contribution in [-0.2, 0) is 11.8 Å². The highest BCUT2D eigenvalue weighted by Crippen LogP contribution is 2.27. The largest absolute Gasteiger partial charge is 0.345 e. The normalized spacial score (nSPS) is 10.1. The van der Waals surface area contributed by atoms with E-state index in [1.165, 1.54) is 22.5 Å². The van der Waals surface area contributed by atoms with E-state index in [0.29, 0.717) is 11.8 Å². The van der Waals surface area contributed by atoms with Gasteiger partial charge in [0.2, 0.25) is 0 Å². The summed E-state index contributed by atoms with van der Waals surface area (Å²) in [5.41, 5.74) is 7.03. The number of hydrogen-bond acceptors (Lipinski definition) is 1. The summed E-state index contributed by atoms with van der Waals surface area (Å²) in [4.78, 5) is 2.17. The van der Waals surface area contributed by atoms with E-state index in [1.54, 1.807) is 0 Å². The average molecular weight is 434 g/mol. The molecule has 152 valence electrons. The third-order valence-corrected chi connectivity index (χ3v) is 5.44. The first-order valence-corrected chi connectivity index (χ1v) is 10.9. The molecule has 0 amide bonds. The van der Waals surface area contributed by atoms with Crippen molar-refractivity contribution in [2.24, 2.45) is 0 Å². The molecule has 4 rings (SSSR count). The molecule has 0 aliphatic rings. The molecule has 0 N–H and O–H groups in total. The molecule has 0 aliphatic heterocycles. The van der Waals surface area contributed by atoms with Crippen LogP contribution in [0.25, 0.3) is 11.1 Å². The molecule has 0 heterocycles. The van der Waals surface area contributed by atoms with Gasteiger partial charge in [0.15, 0.2) is 0 Å². The molecular formula is C27H25Cl2N. The van der Waals surface area contributed by atoms with Gasteiger partial charge >= 0.3 is 0 Å². The Labute approximate surface area is 189 Å². The van der Waals surface area contributed by atoms with Gasteiger partial charge in [-0.05, 0) is 52.6 Å². The lowest BCUT2D eigenvalue weighted by molar-refractivity contribution is 1.21. The molecule has 4 aromatic carbocycles. The molecule has 0 aliphatic carbocycles. The van der Waals surface area contributed by atoms with E-state index < -0.39 is 0 Å². The third kappa shape index (κ3) is 5.89. The molecule has 1 nitrogen and oxygen atoms in total. The van der Waals surface area contributed by atoms with E-state index in [1.807, 2.05) is 42.5 Å². The Hall–Kier alpha value is -2.74. The first kappa shape index (κ1) is 22.0. The number of rotatable bonds is 5. The minimum atomic E-state index is 0.521. The zero-order chi connectivity index (χ0) is 21.2. The van der Waals surface area contributed by atoms with Crippen molar-refractivity contribution < 1.29 is 0 Å². The van der Waals surface area contributed by atoms with Crippen molar-refractivity contribution in [3.63, 3.8) is 0 Å². The predicted molar refractivity (Wildman–Crippen MR) is 132 cm³/mol. The van der Waals surface area contributed by atoms with Crippen molar-refractivity contribution in [1.29, 1.82) is 0 Å². The van der Waals surface area contributed by atoms with Crippen molar-refractivity contribution in [2.75, 3.05) is 11.9 Å². The lowest BCUT2D eigenvalue weighted by Crippen LogP contribution is -2.08. The van der Waals surface area contributed by atoms with E-state index in [-0.39, 0.29) is 0 Å². The maximum Gasteiger partial charge on any atom is 0.0480 e. The lowest BCUT2D eigenvalue weighted by atomic mass is 9.98. The van der Waals surface area contributed by atoms with Gasteiger partial charge < -0.3 is 4.90 Å². The third-order valence-electron chi connectivity index (χ3n) is 4.84. The van der Waals surface area contributed by atoms with Gasteiger partial charge in [0.1, 0.15) is 0 Å². The number of hydrogen-bond donors (Lipinski definition) is 0. The highest BCUT2D eigenvalue weighted by molar-refractivity contribution is 6.18. The van der Waals surface area contributed by atoms with Crippen molar-refractivity contribution in [2.45, 2.75) is 11.8 Å². The minimum Gasteiger partial charge on any atom is -0.345 e. The zero-order valence-electron chi connectivity index (χ0n) is 17.0. The number of halogens is 2. The standard InChI is InChI=1S/C14H12Cl2.C13H13N/c15-9-11-6-7-13(10-16)14(8-11)12-4-2-1-3-5-12;1-14(12-8-4-2-5-9-12)13-10-6-3-7-11-13/h1-8H,9-10H2;2-11H,1H3. The molecule has 0 bridgehead atoms. The summed E-state index contributed by atoms with van der Waals surface area (Å²) in [5, 5.41) is 0. The fourth-order valence-electron chi connectivity index (χ4n) is 3.16. The van der Waals surface area contributed by atoms with Crippen LogP contribution in [0.5, 0.6) is 0 Å². The summed E-state index contributed by atoms with van der Waals surface area (Å²) in [7, 11) is 2.07. The fourth-order valence-corrected chi connectivity index (χ4v) is 3.56. The first-order valence-electron chi connectivity index (χ1n) is 9.86. The van der Waals surface area contributed by atoms with E-state index in [0.717, 1.165) is 11.1 Å². The second kappa shape index (κ2) is 11.4. The maximum atomic E-state index is 5.94. The van der Waals surface area contributed by atoms with E-state index in [4.69, 9.17) is 23.2 Å². The summed E-state index contributed by atoms with van der Waals surface area (Å²) in [6.45, 7) is 0. The van der Waals surface area contributed by atoms with Gasteiger partial charge in [0.05, 0.1) is 0 Å². The van der Waals surface area contributed by atoms with Crippen LogP contribution >= 0.6 is 23.2 Å². The molecule has 0 fully saturated rings. The Balaban J connectivity index is 0.000000172. The molecule has 0 radical (unpaired) electrons. The summed E-state index contributed by atoms with van der Waals surface area (Å²) in [6, 6.07) is 37.1. The molecule has 0 saturated heterocycles. The molecule has 0 aromatic heterocycles. The molecule has 0 spiro atoms. The highest BCUT2D eigenvalue weighted by Gasteiger charge is 2.05. The van der Waals surface area contributed by atoms with Crippen LogP contribution in [0, 0.1) is 0 Å². The van der Waals surface area contributed by atoms with Gasteiger partial charge in [-0.15, -0.1) is 23.2 Å². The number of alkyl halides is 2. The Morgan fingerprint density at radius 3 is 1.57 bits per heavy atom. The monoisotopic (exact) mass is 433 g/mol. The predicted octanol–water partition coefficient (Wildman–Crippen LogP) is 8.29. The van der Waals surface area contributed by atoms with Crippen molar-refractivity contribution in [1.82, 2.24) is 0 Å². The Bertz CT molecular complexity index is 979. The lowest BCUT2D eigenvalue weighted by Gasteiger charge is -2.18. The smallest absolute Gasteiger partial charge is 0.0480 e. The number of para-hydroxylation sites is 2. The molecule has 0 unspecified atom stereocenters. The van der Waals surface area contributed by atoms with Crippen LogP contribution in [0.1, 0.15) is 11.1 Å². The summed E-state index contributed by atoms with van der Waals surface area (Å²) in [6.07, 6.45) is 0. The van der Waals surface area contributed by atoms with Crippen LogP contribution in [-0.4, -0.2) is 7.05 Å². The number of anilines is 2. The Morgan fingerprint density at radius 2 is 1.10 bits per heavy atom. The second-order valence-electron chi connectivity index (χ2n) is 6.85. The molecule has 30 heavy (non-hydrogen) atoms. The van der Waals surface area contributed by atoms with Gasteiger partial charge in [-0.3, -0.25) is 0 Å². The average Bonchev–Trinajstić information content (AvgIpc) is 2.85. The molecule has 0 atom stereocenters. The summed E-state index contributed by atoms with van der Waals surface area (Å²) in [5.74, 6) is 1.05. The van der Waals surface area contributed by atoms with E-state index in [9.17, 15) is 0 Å². The van der Waals surface area contributed by atoms with Crippen LogP contribution < -0.4 is 4.90 Å². The van der Waals surface area contributed by atoms with Crippen LogP contribution in [0.2, 0.25) is 0 Å². The fraction of sp³-hybridized carbons (Fsp3) is 0.111. The van der Waals surface area contributed by atoms with Crippen LogP contribution in [0.15, 0.2) is 109 Å². The van der Waals surface area contributed by atoms with Crippen LogP contribution in [0.4, 0.5) is 11.4 Å². The minimum absolute atomic E-state index is 0.521. The van der Waals surface area contributed by atoms with Gasteiger partial charge in [-0.25, -0.2) is 0 Å². The summed E-state index contributed by atoms with van der Waals surface area (Å²) >= 11 is 11.8. The number of benzene rings is 4. The SMILES string of the molecule is CN(c1ccccc1)c1ccccc1.ClCc1ccc(CCl)c(-c2ccccc2)c1. The van der Waals surface area contributed by atoms with Gasteiger partial charge in [0, 0.05) is 30.2 Å². The van der Waals surface area contributed by atoms with Crippen molar-refractivity contribution in [3.05, 3.63) is 120 Å². The van der Waals surface area contributed by atoms with Crippen molar-refractivity contribution >= 4 is 34.6 Å². The number of nitrogens with zero attached hydrogens (tertiary/aromatic N) is 1. The topological polar surface area (TPSA) is 3.24 Å². The van der Waals surface area contributed by atoms with Crippen molar-refractivity contribution in [3.8, 4) is 11.1 Å². The van der Waals surface area contributed by atoms with Crippen LogP contribution in [0.3, 0.4) is 0 Å². The van der Waals surface area contributed by atoms with Gasteiger partial charge in [-0.1, -0.05) is 78.9 Å². The quantitative estimate of drug-likeness (QED) is 0.286. The summed E-state index contributed by atoms with van der Waals surface area (Å²) < 4.78 is 0. The van der Waals surface area contributed by atoms with E-state index in [2.05, 4.69) is 78.7 Å². The van der Waals surface area contributed by atoms with Gasteiger partial charge in [-0.2, -0.15) is 0 Å². The van der Waals surface area contributed by atoms with Gasteiger partial charge in [0.25, 0.3) is 0 Å². The maximum absolute atomic E-state index is 5.94.